The number of rotatable bonds is 7. The Hall–Kier alpha value is -3.16. The van der Waals surface area contributed by atoms with Crippen LogP contribution in [0.2, 0.25) is 5.02 Å². The fourth-order valence-electron chi connectivity index (χ4n) is 3.26. The molecule has 0 aliphatic carbocycles. The maximum atomic E-state index is 12.3. The van der Waals surface area contributed by atoms with Crippen molar-refractivity contribution in [3.8, 4) is 11.6 Å². The third kappa shape index (κ3) is 5.51. The van der Waals surface area contributed by atoms with Crippen molar-refractivity contribution in [2.45, 2.75) is 25.6 Å². The summed E-state index contributed by atoms with van der Waals surface area (Å²) >= 11 is 5.89. The van der Waals surface area contributed by atoms with Gasteiger partial charge in [-0.05, 0) is 54.8 Å². The summed E-state index contributed by atoms with van der Waals surface area (Å²) < 4.78 is 12.5. The van der Waals surface area contributed by atoms with Crippen LogP contribution >= 0.6 is 11.6 Å². The number of carbonyl (C=O) groups is 1. The minimum Gasteiger partial charge on any atom is -0.472 e. The predicted octanol–water partition coefficient (Wildman–Crippen LogP) is 3.37. The highest BCUT2D eigenvalue weighted by Gasteiger charge is 2.16. The molecular formula is C23H22ClN3O4. The highest BCUT2D eigenvalue weighted by Crippen LogP contribution is 2.14. The average Bonchev–Trinajstić information content (AvgIpc) is 3.32. The molecule has 1 saturated heterocycles. The molecular weight excluding hydrogens is 418 g/mol. The number of hydrogen-bond donors (Lipinski definition) is 1. The summed E-state index contributed by atoms with van der Waals surface area (Å²) in [6.07, 6.45) is 2.07. The second-order valence-corrected chi connectivity index (χ2v) is 7.67. The molecule has 1 fully saturated rings. The number of nitrogens with one attached hydrogen (secondary N) is 1. The van der Waals surface area contributed by atoms with Crippen molar-refractivity contribution in [3.05, 3.63) is 87.2 Å². The molecule has 0 saturated carbocycles. The van der Waals surface area contributed by atoms with Gasteiger partial charge in [0.2, 0.25) is 5.88 Å². The first-order valence-corrected chi connectivity index (χ1v) is 10.4. The lowest BCUT2D eigenvalue weighted by Crippen LogP contribution is -2.31. The first-order chi connectivity index (χ1) is 15.1. The second-order valence-electron chi connectivity index (χ2n) is 7.23. The average molecular weight is 440 g/mol. The number of ether oxygens (including phenoxy) is 2. The largest absolute Gasteiger partial charge is 0.472 e. The fraction of sp³-hybridized carbons (Fsp3) is 0.261. The van der Waals surface area contributed by atoms with Crippen molar-refractivity contribution < 1.29 is 14.3 Å². The lowest BCUT2D eigenvalue weighted by molar-refractivity contribution is 0.0858. The van der Waals surface area contributed by atoms with E-state index in [2.05, 4.69) is 10.4 Å². The van der Waals surface area contributed by atoms with Crippen molar-refractivity contribution >= 4 is 17.5 Å². The van der Waals surface area contributed by atoms with Gasteiger partial charge in [0.05, 0.1) is 11.8 Å². The Morgan fingerprint density at radius 2 is 1.90 bits per heavy atom. The van der Waals surface area contributed by atoms with Gasteiger partial charge in [-0.15, -0.1) is 5.10 Å². The zero-order chi connectivity index (χ0) is 21.6. The van der Waals surface area contributed by atoms with Gasteiger partial charge in [0.15, 0.2) is 0 Å². The molecule has 1 atom stereocenters. The molecule has 160 valence electrons. The normalized spacial score (nSPS) is 15.6. The Balaban J connectivity index is 1.42. The van der Waals surface area contributed by atoms with E-state index in [9.17, 15) is 9.59 Å². The van der Waals surface area contributed by atoms with E-state index in [1.807, 2.05) is 12.1 Å². The fourth-order valence-corrected chi connectivity index (χ4v) is 3.39. The maximum absolute atomic E-state index is 12.3. The zero-order valence-electron chi connectivity index (χ0n) is 16.8. The lowest BCUT2D eigenvalue weighted by atomic mass is 10.2. The molecule has 0 bridgehead atoms. The van der Waals surface area contributed by atoms with Crippen LogP contribution in [-0.4, -0.2) is 34.9 Å². The Morgan fingerprint density at radius 1 is 1.13 bits per heavy atom. The van der Waals surface area contributed by atoms with Crippen LogP contribution in [0.4, 0.5) is 0 Å². The van der Waals surface area contributed by atoms with E-state index in [4.69, 9.17) is 21.1 Å². The van der Waals surface area contributed by atoms with Crippen LogP contribution in [0.15, 0.2) is 65.5 Å². The summed E-state index contributed by atoms with van der Waals surface area (Å²) in [7, 11) is 0. The summed E-state index contributed by atoms with van der Waals surface area (Å²) in [5.74, 6) is 0.135. The van der Waals surface area contributed by atoms with E-state index >= 15 is 0 Å². The Morgan fingerprint density at radius 3 is 2.61 bits per heavy atom. The van der Waals surface area contributed by atoms with Crippen LogP contribution in [0.1, 0.15) is 28.8 Å². The SMILES string of the molecule is O=C(NC[C@@H]1CCCO1)c1ccc(-n2nc(OCc3ccc(Cl)cc3)ccc2=O)cc1. The van der Waals surface area contributed by atoms with Crippen molar-refractivity contribution in [2.75, 3.05) is 13.2 Å². The van der Waals surface area contributed by atoms with Crippen molar-refractivity contribution in [1.29, 1.82) is 0 Å². The molecule has 31 heavy (non-hydrogen) atoms. The molecule has 0 radical (unpaired) electrons. The van der Waals surface area contributed by atoms with Crippen molar-refractivity contribution in [2.24, 2.45) is 0 Å². The summed E-state index contributed by atoms with van der Waals surface area (Å²) in [5, 5.41) is 7.81. The number of nitrogens with zero attached hydrogens (tertiary/aromatic N) is 2. The van der Waals surface area contributed by atoms with Crippen LogP contribution < -0.4 is 15.6 Å². The van der Waals surface area contributed by atoms with E-state index in [1.165, 1.54) is 16.8 Å². The van der Waals surface area contributed by atoms with Gasteiger partial charge in [0.25, 0.3) is 11.5 Å². The smallest absolute Gasteiger partial charge is 0.271 e. The molecule has 3 aromatic rings. The molecule has 1 aromatic heterocycles. The molecule has 1 amide bonds. The Labute approximate surface area is 184 Å². The maximum Gasteiger partial charge on any atom is 0.271 e. The minimum atomic E-state index is -0.297. The highest BCUT2D eigenvalue weighted by atomic mass is 35.5. The summed E-state index contributed by atoms with van der Waals surface area (Å²) in [5.41, 5.74) is 1.68. The van der Waals surface area contributed by atoms with Gasteiger partial charge in [0, 0.05) is 35.9 Å². The second kappa shape index (κ2) is 9.76. The van der Waals surface area contributed by atoms with Crippen molar-refractivity contribution in [3.63, 3.8) is 0 Å². The molecule has 4 rings (SSSR count). The number of halogens is 1. The topological polar surface area (TPSA) is 82.4 Å². The van der Waals surface area contributed by atoms with Gasteiger partial charge in [0.1, 0.15) is 6.61 Å². The first-order valence-electron chi connectivity index (χ1n) is 10.1. The molecule has 1 N–H and O–H groups in total. The van der Waals surface area contributed by atoms with Gasteiger partial charge in [-0.2, -0.15) is 4.68 Å². The molecule has 0 spiro atoms. The van der Waals surface area contributed by atoms with Gasteiger partial charge in [-0.25, -0.2) is 0 Å². The standard InChI is InChI=1S/C23H22ClN3O4/c24-18-7-3-16(4-8-18)15-31-21-11-12-22(28)27(26-21)19-9-5-17(6-10-19)23(29)25-14-20-2-1-13-30-20/h3-12,20H,1-2,13-15H2,(H,25,29)/t20-/m0/s1. The quantitative estimate of drug-likeness (QED) is 0.610. The molecule has 1 aliphatic heterocycles. The highest BCUT2D eigenvalue weighted by molar-refractivity contribution is 6.30. The number of benzene rings is 2. The third-order valence-corrected chi connectivity index (χ3v) is 5.22. The van der Waals surface area contributed by atoms with E-state index in [0.717, 1.165) is 25.0 Å². The number of aromatic nitrogens is 2. The van der Waals surface area contributed by atoms with E-state index in [0.29, 0.717) is 35.3 Å². The van der Waals surface area contributed by atoms with E-state index in [1.54, 1.807) is 36.4 Å². The third-order valence-electron chi connectivity index (χ3n) is 4.96. The summed E-state index contributed by atoms with van der Waals surface area (Å²) in [6, 6.07) is 16.9. The molecule has 2 aromatic carbocycles. The molecule has 1 aliphatic rings. The number of amides is 1. The first kappa shape index (κ1) is 21.1. The Kier molecular flexibility index (Phi) is 6.64. The monoisotopic (exact) mass is 439 g/mol. The molecule has 7 nitrogen and oxygen atoms in total. The molecule has 2 heterocycles. The molecule has 0 unspecified atom stereocenters. The van der Waals surface area contributed by atoms with E-state index in [-0.39, 0.29) is 17.6 Å². The summed E-state index contributed by atoms with van der Waals surface area (Å²) in [6.45, 7) is 1.54. The van der Waals surface area contributed by atoms with Crippen LogP contribution in [0.5, 0.6) is 5.88 Å². The number of carbonyl (C=O) groups excluding carboxylic acids is 1. The van der Waals surface area contributed by atoms with Crippen LogP contribution in [0.25, 0.3) is 5.69 Å². The Bertz CT molecular complexity index is 1090. The van der Waals surface area contributed by atoms with Crippen LogP contribution in [-0.2, 0) is 11.3 Å². The van der Waals surface area contributed by atoms with Gasteiger partial charge < -0.3 is 14.8 Å². The predicted molar refractivity (Wildman–Crippen MR) is 117 cm³/mol. The van der Waals surface area contributed by atoms with Gasteiger partial charge in [-0.3, -0.25) is 9.59 Å². The van der Waals surface area contributed by atoms with Crippen LogP contribution in [0.3, 0.4) is 0 Å². The summed E-state index contributed by atoms with van der Waals surface area (Å²) in [4.78, 5) is 24.6. The lowest BCUT2D eigenvalue weighted by Gasteiger charge is -2.11. The van der Waals surface area contributed by atoms with Gasteiger partial charge >= 0.3 is 0 Å². The minimum absolute atomic E-state index is 0.0848. The number of hydrogen-bond acceptors (Lipinski definition) is 5. The van der Waals surface area contributed by atoms with E-state index < -0.39 is 0 Å². The molecule has 8 heteroatoms. The van der Waals surface area contributed by atoms with Crippen molar-refractivity contribution in [1.82, 2.24) is 15.1 Å². The zero-order valence-corrected chi connectivity index (χ0v) is 17.5. The van der Waals surface area contributed by atoms with Crippen LogP contribution in [0, 0.1) is 0 Å². The van der Waals surface area contributed by atoms with Gasteiger partial charge in [-0.1, -0.05) is 23.7 Å².